The molecule has 0 radical (unpaired) electrons. The topological polar surface area (TPSA) is 72.2 Å². The molecule has 6 heteroatoms. The summed E-state index contributed by atoms with van der Waals surface area (Å²) < 4.78 is 26.9. The summed E-state index contributed by atoms with van der Waals surface area (Å²) in [6.07, 6.45) is 3.29. The minimum absolute atomic E-state index is 0.0845. The fourth-order valence-corrected chi connectivity index (χ4v) is 3.79. The molecule has 0 bridgehead atoms. The number of hydrogen-bond donors (Lipinski definition) is 2. The predicted octanol–water partition coefficient (Wildman–Crippen LogP) is 2.39. The minimum atomic E-state index is -3.55. The number of sulfonamides is 1. The highest BCUT2D eigenvalue weighted by Gasteiger charge is 2.33. The summed E-state index contributed by atoms with van der Waals surface area (Å²) in [6.45, 7) is 2.54. The fourth-order valence-electron chi connectivity index (χ4n) is 2.04. The van der Waals surface area contributed by atoms with Crippen LogP contribution in [0.15, 0.2) is 23.1 Å². The molecular weight excluding hydrogens is 272 g/mol. The van der Waals surface area contributed by atoms with Gasteiger partial charge in [-0.05, 0) is 36.5 Å². The predicted molar refractivity (Wildman–Crippen MR) is 73.0 cm³/mol. The first-order valence-corrected chi connectivity index (χ1v) is 7.73. The minimum Gasteiger partial charge on any atom is -0.399 e. The second-order valence-electron chi connectivity index (χ2n) is 5.18. The Bertz CT molecular complexity index is 553. The Labute approximate surface area is 113 Å². The van der Waals surface area contributed by atoms with Crippen LogP contribution in [-0.2, 0) is 10.0 Å². The van der Waals surface area contributed by atoms with E-state index in [1.165, 1.54) is 24.6 Å². The Morgan fingerprint density at radius 1 is 1.44 bits per heavy atom. The highest BCUT2D eigenvalue weighted by molar-refractivity contribution is 7.89. The van der Waals surface area contributed by atoms with E-state index in [0.29, 0.717) is 12.2 Å². The summed E-state index contributed by atoms with van der Waals surface area (Å²) in [5.74, 6) is 0. The van der Waals surface area contributed by atoms with Gasteiger partial charge in [0.2, 0.25) is 10.0 Å². The van der Waals surface area contributed by atoms with E-state index in [1.807, 2.05) is 0 Å². The van der Waals surface area contributed by atoms with Gasteiger partial charge in [-0.2, -0.15) is 0 Å². The zero-order valence-electron chi connectivity index (χ0n) is 10.2. The first kappa shape index (κ1) is 13.6. The molecule has 1 aromatic rings. The molecular formula is C12H17ClN2O2S. The Kier molecular flexibility index (Phi) is 3.58. The van der Waals surface area contributed by atoms with Gasteiger partial charge in [0.25, 0.3) is 0 Å². The molecule has 3 N–H and O–H groups in total. The lowest BCUT2D eigenvalue weighted by atomic mass is 9.71. The van der Waals surface area contributed by atoms with Crippen molar-refractivity contribution in [1.82, 2.24) is 4.72 Å². The average molecular weight is 289 g/mol. The maximum absolute atomic E-state index is 12.1. The number of hydrogen-bond acceptors (Lipinski definition) is 3. The lowest BCUT2D eigenvalue weighted by molar-refractivity contribution is 0.166. The van der Waals surface area contributed by atoms with Gasteiger partial charge in [-0.15, -0.1) is 0 Å². The molecule has 4 nitrogen and oxygen atoms in total. The maximum atomic E-state index is 12.1. The zero-order valence-corrected chi connectivity index (χ0v) is 11.8. The van der Waals surface area contributed by atoms with E-state index in [9.17, 15) is 8.42 Å². The van der Waals surface area contributed by atoms with Crippen molar-refractivity contribution in [3.8, 4) is 0 Å². The third kappa shape index (κ3) is 2.79. The molecule has 1 saturated carbocycles. The second-order valence-corrected chi connectivity index (χ2v) is 7.32. The van der Waals surface area contributed by atoms with Gasteiger partial charge >= 0.3 is 0 Å². The summed E-state index contributed by atoms with van der Waals surface area (Å²) in [7, 11) is -3.55. The lowest BCUT2D eigenvalue weighted by Crippen LogP contribution is -2.39. The van der Waals surface area contributed by atoms with Crippen molar-refractivity contribution >= 4 is 27.3 Å². The van der Waals surface area contributed by atoms with Crippen molar-refractivity contribution in [2.75, 3.05) is 12.3 Å². The number of anilines is 1. The maximum Gasteiger partial charge on any atom is 0.242 e. The number of nitrogens with one attached hydrogen (secondary N) is 1. The Balaban J connectivity index is 2.15. The van der Waals surface area contributed by atoms with Crippen molar-refractivity contribution in [3.63, 3.8) is 0 Å². The summed E-state index contributed by atoms with van der Waals surface area (Å²) in [6, 6.07) is 4.41. The number of halogens is 1. The van der Waals surface area contributed by atoms with Gasteiger partial charge < -0.3 is 5.73 Å². The quantitative estimate of drug-likeness (QED) is 0.836. The molecule has 18 heavy (non-hydrogen) atoms. The Morgan fingerprint density at radius 3 is 2.61 bits per heavy atom. The Morgan fingerprint density at radius 2 is 2.11 bits per heavy atom. The van der Waals surface area contributed by atoms with E-state index in [0.717, 1.165) is 12.8 Å². The molecule has 0 spiro atoms. The van der Waals surface area contributed by atoms with Crippen LogP contribution in [0.3, 0.4) is 0 Å². The largest absolute Gasteiger partial charge is 0.399 e. The van der Waals surface area contributed by atoms with Gasteiger partial charge in [-0.1, -0.05) is 24.9 Å². The number of rotatable bonds is 4. The second kappa shape index (κ2) is 4.72. The van der Waals surface area contributed by atoms with Gasteiger partial charge in [-0.3, -0.25) is 0 Å². The van der Waals surface area contributed by atoms with Crippen LogP contribution in [0.5, 0.6) is 0 Å². The van der Waals surface area contributed by atoms with Crippen LogP contribution in [0.4, 0.5) is 5.69 Å². The third-order valence-corrected chi connectivity index (χ3v) is 5.38. The van der Waals surface area contributed by atoms with Gasteiger partial charge in [-0.25, -0.2) is 13.1 Å². The highest BCUT2D eigenvalue weighted by Crippen LogP contribution is 2.39. The summed E-state index contributed by atoms with van der Waals surface area (Å²) in [5.41, 5.74) is 6.08. The fraction of sp³-hybridized carbons (Fsp3) is 0.500. The molecule has 0 atom stereocenters. The van der Waals surface area contributed by atoms with Crippen molar-refractivity contribution in [2.24, 2.45) is 5.41 Å². The number of nitrogens with two attached hydrogens (primary N) is 1. The van der Waals surface area contributed by atoms with Crippen molar-refractivity contribution in [1.29, 1.82) is 0 Å². The van der Waals surface area contributed by atoms with Gasteiger partial charge in [0.1, 0.15) is 4.90 Å². The molecule has 1 aromatic carbocycles. The number of benzene rings is 1. The first-order valence-electron chi connectivity index (χ1n) is 5.87. The van der Waals surface area contributed by atoms with Crippen LogP contribution >= 0.6 is 11.6 Å². The van der Waals surface area contributed by atoms with Crippen LogP contribution in [0.2, 0.25) is 5.02 Å². The van der Waals surface area contributed by atoms with E-state index in [-0.39, 0.29) is 15.3 Å². The summed E-state index contributed by atoms with van der Waals surface area (Å²) in [5, 5.41) is 0.154. The van der Waals surface area contributed by atoms with Crippen LogP contribution in [0, 0.1) is 5.41 Å². The van der Waals surface area contributed by atoms with Gasteiger partial charge in [0.05, 0.1) is 5.02 Å². The summed E-state index contributed by atoms with van der Waals surface area (Å²) in [4.78, 5) is 0.0845. The smallest absolute Gasteiger partial charge is 0.242 e. The molecule has 0 saturated heterocycles. The van der Waals surface area contributed by atoms with Crippen LogP contribution < -0.4 is 10.5 Å². The molecule has 100 valence electrons. The van der Waals surface area contributed by atoms with Crippen molar-refractivity contribution in [2.45, 2.75) is 31.1 Å². The molecule has 2 rings (SSSR count). The Hall–Kier alpha value is -0.780. The molecule has 1 aliphatic carbocycles. The lowest BCUT2D eigenvalue weighted by Gasteiger charge is -2.38. The SMILES string of the molecule is CC1(CNS(=O)(=O)c2ccc(N)cc2Cl)CCC1. The van der Waals surface area contributed by atoms with Crippen molar-refractivity contribution < 1.29 is 8.42 Å². The molecule has 0 aliphatic heterocycles. The normalized spacial score (nSPS) is 18.3. The molecule has 0 unspecified atom stereocenters. The summed E-state index contributed by atoms with van der Waals surface area (Å²) >= 11 is 5.91. The van der Waals surface area contributed by atoms with E-state index in [4.69, 9.17) is 17.3 Å². The first-order chi connectivity index (χ1) is 8.32. The van der Waals surface area contributed by atoms with Gasteiger partial charge in [0.15, 0.2) is 0 Å². The molecule has 1 fully saturated rings. The van der Waals surface area contributed by atoms with E-state index < -0.39 is 10.0 Å². The number of nitrogen functional groups attached to an aromatic ring is 1. The van der Waals surface area contributed by atoms with Crippen LogP contribution in [0.25, 0.3) is 0 Å². The van der Waals surface area contributed by atoms with Gasteiger partial charge in [0, 0.05) is 12.2 Å². The van der Waals surface area contributed by atoms with Crippen LogP contribution in [0.1, 0.15) is 26.2 Å². The zero-order chi connectivity index (χ0) is 13.4. The van der Waals surface area contributed by atoms with E-state index in [2.05, 4.69) is 11.6 Å². The monoisotopic (exact) mass is 288 g/mol. The molecule has 1 aliphatic rings. The van der Waals surface area contributed by atoms with E-state index in [1.54, 1.807) is 0 Å². The standard InChI is InChI=1S/C12H17ClN2O2S/c1-12(5-2-6-12)8-15-18(16,17)11-4-3-9(14)7-10(11)13/h3-4,7,15H,2,5-6,8,14H2,1H3. The van der Waals surface area contributed by atoms with Crippen molar-refractivity contribution in [3.05, 3.63) is 23.2 Å². The highest BCUT2D eigenvalue weighted by atomic mass is 35.5. The van der Waals surface area contributed by atoms with Crippen LogP contribution in [-0.4, -0.2) is 15.0 Å². The molecule has 0 heterocycles. The molecule has 0 amide bonds. The third-order valence-electron chi connectivity index (χ3n) is 3.50. The van der Waals surface area contributed by atoms with E-state index >= 15 is 0 Å². The molecule has 0 aromatic heterocycles. The average Bonchev–Trinajstić information content (AvgIpc) is 2.23.